The number of para-hydroxylation sites is 2. The number of rotatable bonds is 10. The Labute approximate surface area is 234 Å². The van der Waals surface area contributed by atoms with E-state index in [1.807, 2.05) is 117 Å². The van der Waals surface area contributed by atoms with Gasteiger partial charge in [0.1, 0.15) is 11.1 Å². The number of aromatic nitrogens is 2. The second-order valence-corrected chi connectivity index (χ2v) is 10.9. The summed E-state index contributed by atoms with van der Waals surface area (Å²) in [4.78, 5) is 25.8. The number of fused-ring (bicyclic) bond motifs is 2. The van der Waals surface area contributed by atoms with Gasteiger partial charge in [0.2, 0.25) is 11.2 Å². The standard InChI is InChI=1S/C30H25N3O4S2/c34-29(35)16-20-32-23-8-2-4-10-25(23)38-27(32)14-12-22(31-18-6-1-7-19-31)13-15-28-33(21-17-30(36)37)24-9-3-5-11-26(24)39-28/h1-15,18-19H,16-17,20-21H2/p+2. The number of hydrogen-bond acceptors (Lipinski definition) is 5. The third-order valence-corrected chi connectivity index (χ3v) is 8.44. The minimum Gasteiger partial charge on any atom is -0.481 e. The van der Waals surface area contributed by atoms with E-state index >= 15 is 0 Å². The van der Waals surface area contributed by atoms with Gasteiger partial charge in [-0.2, -0.15) is 9.13 Å². The summed E-state index contributed by atoms with van der Waals surface area (Å²) in [5.41, 5.74) is 2.93. The average Bonchev–Trinajstić information content (AvgIpc) is 3.48. The summed E-state index contributed by atoms with van der Waals surface area (Å²) in [6.07, 6.45) is 12.1. The van der Waals surface area contributed by atoms with Crippen molar-refractivity contribution in [2.45, 2.75) is 24.3 Å². The molecule has 196 valence electrons. The van der Waals surface area contributed by atoms with Crippen LogP contribution >= 0.6 is 23.1 Å². The van der Waals surface area contributed by atoms with E-state index in [2.05, 4.69) is 0 Å². The van der Waals surface area contributed by atoms with Crippen LogP contribution in [-0.4, -0.2) is 28.7 Å². The van der Waals surface area contributed by atoms with Crippen molar-refractivity contribution in [2.24, 2.45) is 0 Å². The molecule has 0 amide bonds. The molecule has 0 radical (unpaired) electrons. The molecule has 7 nitrogen and oxygen atoms in total. The van der Waals surface area contributed by atoms with E-state index in [1.165, 1.54) is 0 Å². The van der Waals surface area contributed by atoms with Gasteiger partial charge < -0.3 is 15.1 Å². The molecule has 2 aromatic heterocycles. The normalized spacial score (nSPS) is 14.4. The number of hydrogen-bond donors (Lipinski definition) is 2. The SMILES string of the molecule is O=C(O)CCN1\C(=C/C=C(/C=C/c2sc3ccccc3[n+]2CCC(=O)O)[n+]2ccccc2)Sc2ccccc21. The van der Waals surface area contributed by atoms with E-state index < -0.39 is 11.9 Å². The van der Waals surface area contributed by atoms with Crippen LogP contribution in [0.15, 0.2) is 107 Å². The third-order valence-electron chi connectivity index (χ3n) is 6.18. The summed E-state index contributed by atoms with van der Waals surface area (Å²) >= 11 is 3.24. The van der Waals surface area contributed by atoms with Crippen molar-refractivity contribution < 1.29 is 28.9 Å². The van der Waals surface area contributed by atoms with Crippen molar-refractivity contribution in [2.75, 3.05) is 11.4 Å². The first-order valence-corrected chi connectivity index (χ1v) is 14.1. The summed E-state index contributed by atoms with van der Waals surface area (Å²) in [7, 11) is 0. The molecule has 0 bridgehead atoms. The van der Waals surface area contributed by atoms with Gasteiger partial charge in [0, 0.05) is 47.9 Å². The number of thiazole rings is 1. The lowest BCUT2D eigenvalue weighted by Gasteiger charge is -2.19. The molecule has 5 rings (SSSR count). The molecule has 4 aromatic rings. The minimum atomic E-state index is -0.831. The maximum Gasteiger partial charge on any atom is 0.309 e. The van der Waals surface area contributed by atoms with E-state index in [-0.39, 0.29) is 12.8 Å². The van der Waals surface area contributed by atoms with Crippen LogP contribution in [0.25, 0.3) is 22.0 Å². The zero-order valence-electron chi connectivity index (χ0n) is 21.0. The number of carbonyl (C=O) groups is 2. The van der Waals surface area contributed by atoms with Gasteiger partial charge in [0.25, 0.3) is 5.01 Å². The summed E-state index contributed by atoms with van der Waals surface area (Å²) in [6, 6.07) is 21.9. The number of anilines is 1. The molecule has 0 saturated heterocycles. The number of thioether (sulfide) groups is 1. The molecule has 0 saturated carbocycles. The van der Waals surface area contributed by atoms with Crippen LogP contribution in [0.5, 0.6) is 0 Å². The van der Waals surface area contributed by atoms with E-state index in [1.54, 1.807) is 23.1 Å². The van der Waals surface area contributed by atoms with Gasteiger partial charge in [-0.15, -0.1) is 0 Å². The molecule has 1 aliphatic heterocycles. The number of carboxylic acid groups (broad SMARTS) is 2. The molecule has 0 atom stereocenters. The molecule has 0 fully saturated rings. The number of aliphatic carboxylic acids is 2. The van der Waals surface area contributed by atoms with Crippen LogP contribution in [0, 0.1) is 0 Å². The third kappa shape index (κ3) is 6.27. The van der Waals surface area contributed by atoms with Gasteiger partial charge in [-0.3, -0.25) is 9.59 Å². The first kappa shape index (κ1) is 26.4. The lowest BCUT2D eigenvalue weighted by molar-refractivity contribution is -0.667. The molecule has 2 N–H and O–H groups in total. The van der Waals surface area contributed by atoms with Gasteiger partial charge in [-0.25, -0.2) is 0 Å². The molecule has 0 spiro atoms. The smallest absolute Gasteiger partial charge is 0.309 e. The first-order chi connectivity index (χ1) is 19.0. The highest BCUT2D eigenvalue weighted by atomic mass is 32.2. The number of allylic oxidation sites excluding steroid dienone is 4. The Morgan fingerprint density at radius 1 is 0.897 bits per heavy atom. The quantitative estimate of drug-likeness (QED) is 0.200. The Morgan fingerprint density at radius 3 is 2.44 bits per heavy atom. The van der Waals surface area contributed by atoms with Crippen LogP contribution in [0.4, 0.5) is 5.69 Å². The fourth-order valence-corrected chi connectivity index (χ4v) is 6.52. The second-order valence-electron chi connectivity index (χ2n) is 8.78. The topological polar surface area (TPSA) is 85.6 Å². The first-order valence-electron chi connectivity index (χ1n) is 12.5. The maximum absolute atomic E-state index is 11.3. The zero-order chi connectivity index (χ0) is 27.2. The maximum atomic E-state index is 11.3. The predicted octanol–water partition coefficient (Wildman–Crippen LogP) is 5.43. The molecule has 1 aliphatic rings. The molecular weight excluding hydrogens is 530 g/mol. The van der Waals surface area contributed by atoms with E-state index in [9.17, 15) is 19.8 Å². The number of carboxylic acids is 2. The Hall–Kier alpha value is -4.21. The van der Waals surface area contributed by atoms with E-state index in [0.29, 0.717) is 13.1 Å². The Bertz CT molecular complexity index is 1610. The fraction of sp³-hybridized carbons (Fsp3) is 0.133. The molecule has 39 heavy (non-hydrogen) atoms. The average molecular weight is 558 g/mol. The number of nitrogens with zero attached hydrogens (tertiary/aromatic N) is 3. The highest BCUT2D eigenvalue weighted by Crippen LogP contribution is 2.45. The summed E-state index contributed by atoms with van der Waals surface area (Å²) < 4.78 is 5.15. The van der Waals surface area contributed by atoms with E-state index in [4.69, 9.17) is 0 Å². The second kappa shape index (κ2) is 12.1. The largest absolute Gasteiger partial charge is 0.481 e. The molecule has 0 aliphatic carbocycles. The van der Waals surface area contributed by atoms with Crippen molar-refractivity contribution in [1.29, 1.82) is 0 Å². The molecule has 9 heteroatoms. The molecular formula is C30H27N3O4S2+2. The van der Waals surface area contributed by atoms with Crippen molar-refractivity contribution in [3.63, 3.8) is 0 Å². The van der Waals surface area contributed by atoms with Crippen LogP contribution in [0.2, 0.25) is 0 Å². The Balaban J connectivity index is 1.52. The van der Waals surface area contributed by atoms with Gasteiger partial charge in [0.05, 0.1) is 17.1 Å². The summed E-state index contributed by atoms with van der Waals surface area (Å²) in [5.74, 6) is -1.66. The number of pyridine rings is 1. The van der Waals surface area contributed by atoms with Gasteiger partial charge in [-0.05, 0) is 24.3 Å². The molecule has 2 aromatic carbocycles. The minimum absolute atomic E-state index is 0.0401. The van der Waals surface area contributed by atoms with Gasteiger partial charge in [0.15, 0.2) is 18.9 Å². The van der Waals surface area contributed by atoms with Crippen molar-refractivity contribution in [3.05, 3.63) is 107 Å². The Morgan fingerprint density at radius 2 is 1.64 bits per heavy atom. The summed E-state index contributed by atoms with van der Waals surface area (Å²) in [6.45, 7) is 0.766. The number of benzene rings is 2. The predicted molar refractivity (Wildman–Crippen MR) is 154 cm³/mol. The van der Waals surface area contributed by atoms with Crippen molar-refractivity contribution in [3.8, 4) is 0 Å². The van der Waals surface area contributed by atoms with Crippen molar-refractivity contribution >= 4 is 62.7 Å². The lowest BCUT2D eigenvalue weighted by atomic mass is 10.2. The van der Waals surface area contributed by atoms with Crippen LogP contribution < -0.4 is 14.0 Å². The van der Waals surface area contributed by atoms with Crippen LogP contribution in [-0.2, 0) is 16.1 Å². The van der Waals surface area contributed by atoms with E-state index in [0.717, 1.165) is 36.5 Å². The fourth-order valence-electron chi connectivity index (χ4n) is 4.34. The zero-order valence-corrected chi connectivity index (χ0v) is 22.6. The molecule has 3 heterocycles. The highest BCUT2D eigenvalue weighted by molar-refractivity contribution is 8.03. The number of aryl methyl sites for hydroxylation is 1. The summed E-state index contributed by atoms with van der Waals surface area (Å²) in [5, 5.41) is 20.5. The highest BCUT2D eigenvalue weighted by Gasteiger charge is 2.25. The van der Waals surface area contributed by atoms with Gasteiger partial charge >= 0.3 is 11.9 Å². The monoisotopic (exact) mass is 557 g/mol. The van der Waals surface area contributed by atoms with Gasteiger partial charge in [-0.1, -0.05) is 53.4 Å². The molecule has 0 unspecified atom stereocenters. The van der Waals surface area contributed by atoms with Crippen LogP contribution in [0.3, 0.4) is 0 Å². The lowest BCUT2D eigenvalue weighted by Crippen LogP contribution is -2.36. The van der Waals surface area contributed by atoms with Crippen LogP contribution in [0.1, 0.15) is 17.8 Å². The van der Waals surface area contributed by atoms with Crippen molar-refractivity contribution in [1.82, 2.24) is 0 Å². The Kier molecular flexibility index (Phi) is 8.19.